The van der Waals surface area contributed by atoms with Gasteiger partial charge in [-0.3, -0.25) is 4.79 Å². The van der Waals surface area contributed by atoms with Gasteiger partial charge < -0.3 is 5.11 Å². The molecule has 1 aromatic carbocycles. The molecule has 0 aliphatic heterocycles. The Morgan fingerprint density at radius 3 is 2.18 bits per heavy atom. The van der Waals surface area contributed by atoms with Crippen LogP contribution in [0.25, 0.3) is 0 Å². The third-order valence-corrected chi connectivity index (χ3v) is 2.83. The van der Waals surface area contributed by atoms with Crippen molar-refractivity contribution in [2.45, 2.75) is 25.1 Å². The lowest BCUT2D eigenvalue weighted by Gasteiger charge is -2.10. The number of carbonyl (C=O) groups is 1. The van der Waals surface area contributed by atoms with Crippen LogP contribution in [0.5, 0.6) is 0 Å². The fourth-order valence-corrected chi connectivity index (χ4v) is 1.62. The summed E-state index contributed by atoms with van der Waals surface area (Å²) >= 11 is 0. The first-order valence-electron chi connectivity index (χ1n) is 5.29. The minimum Gasteiger partial charge on any atom is -0.385 e. The molecule has 0 bridgehead atoms. The highest BCUT2D eigenvalue weighted by atomic mass is 19.4. The van der Waals surface area contributed by atoms with Crippen molar-refractivity contribution in [3.63, 3.8) is 0 Å². The van der Waals surface area contributed by atoms with Gasteiger partial charge in [0.15, 0.2) is 5.78 Å². The van der Waals surface area contributed by atoms with E-state index in [1.807, 2.05) is 0 Å². The fourth-order valence-electron chi connectivity index (χ4n) is 1.62. The zero-order chi connectivity index (χ0) is 12.6. The number of benzene rings is 1. The Kier molecular flexibility index (Phi) is 2.95. The summed E-state index contributed by atoms with van der Waals surface area (Å²) in [7, 11) is 0. The molecular weight excluding hydrogens is 233 g/mol. The fraction of sp³-hybridized carbons (Fsp3) is 0.417. The highest BCUT2D eigenvalue weighted by Crippen LogP contribution is 2.34. The van der Waals surface area contributed by atoms with Gasteiger partial charge in [-0.25, -0.2) is 0 Å². The molecule has 1 N–H and O–H groups in total. The van der Waals surface area contributed by atoms with Crippen molar-refractivity contribution >= 4 is 5.78 Å². The van der Waals surface area contributed by atoms with Gasteiger partial charge in [0, 0.05) is 5.56 Å². The zero-order valence-electron chi connectivity index (χ0n) is 8.87. The van der Waals surface area contributed by atoms with Crippen LogP contribution in [0.15, 0.2) is 24.3 Å². The second kappa shape index (κ2) is 4.14. The van der Waals surface area contributed by atoms with Crippen molar-refractivity contribution in [2.75, 3.05) is 0 Å². The first kappa shape index (κ1) is 12.1. The molecule has 1 fully saturated rings. The van der Waals surface area contributed by atoms with Gasteiger partial charge in [-0.05, 0) is 30.9 Å². The molecule has 0 spiro atoms. The van der Waals surface area contributed by atoms with Gasteiger partial charge in [-0.15, -0.1) is 0 Å². The molecule has 0 heterocycles. The number of hydrogen-bond acceptors (Lipinski definition) is 2. The van der Waals surface area contributed by atoms with E-state index in [0.717, 1.165) is 37.1 Å². The van der Waals surface area contributed by atoms with E-state index < -0.39 is 23.6 Å². The highest BCUT2D eigenvalue weighted by molar-refractivity contribution is 5.99. The van der Waals surface area contributed by atoms with Crippen LogP contribution in [0, 0.1) is 5.92 Å². The molecule has 0 amide bonds. The molecule has 2 nitrogen and oxygen atoms in total. The number of Topliss-reactive ketones (excluding diaryl/α,β-unsaturated/α-hetero) is 1. The van der Waals surface area contributed by atoms with E-state index >= 15 is 0 Å². The summed E-state index contributed by atoms with van der Waals surface area (Å²) in [4.78, 5) is 11.7. The second-order valence-electron chi connectivity index (χ2n) is 4.22. The molecule has 0 radical (unpaired) electrons. The van der Waals surface area contributed by atoms with Crippen LogP contribution in [0.2, 0.25) is 0 Å². The van der Waals surface area contributed by atoms with Gasteiger partial charge in [-0.1, -0.05) is 12.1 Å². The number of aliphatic hydroxyl groups excluding tert-OH is 1. The number of aliphatic hydroxyl groups is 1. The standard InChI is InChI=1S/C12H11F3O2/c13-12(14,15)9-5-3-8(4-6-9)11(17)10(16)7-1-2-7/h3-7,10,16H,1-2H2. The lowest BCUT2D eigenvalue weighted by Crippen LogP contribution is -2.22. The molecule has 92 valence electrons. The average Bonchev–Trinajstić information content (AvgIpc) is 3.10. The molecule has 1 atom stereocenters. The Morgan fingerprint density at radius 2 is 1.76 bits per heavy atom. The lowest BCUT2D eigenvalue weighted by molar-refractivity contribution is -0.137. The second-order valence-corrected chi connectivity index (χ2v) is 4.22. The van der Waals surface area contributed by atoms with Crippen molar-refractivity contribution in [2.24, 2.45) is 5.92 Å². The number of carbonyl (C=O) groups excluding carboxylic acids is 1. The topological polar surface area (TPSA) is 37.3 Å². The summed E-state index contributed by atoms with van der Waals surface area (Å²) in [6.07, 6.45) is -3.88. The number of hydrogen-bond donors (Lipinski definition) is 1. The molecular formula is C12H11F3O2. The Labute approximate surface area is 96.1 Å². The van der Waals surface area contributed by atoms with Gasteiger partial charge in [0.05, 0.1) is 5.56 Å². The Hall–Kier alpha value is -1.36. The Morgan fingerprint density at radius 1 is 1.24 bits per heavy atom. The summed E-state index contributed by atoms with van der Waals surface area (Å²) in [5.41, 5.74) is -0.674. The number of rotatable bonds is 3. The Balaban J connectivity index is 2.14. The van der Waals surface area contributed by atoms with Crippen LogP contribution >= 0.6 is 0 Å². The van der Waals surface area contributed by atoms with Crippen LogP contribution in [-0.2, 0) is 6.18 Å². The molecule has 5 heteroatoms. The summed E-state index contributed by atoms with van der Waals surface area (Å²) in [5, 5.41) is 9.57. The predicted molar refractivity (Wildman–Crippen MR) is 54.5 cm³/mol. The van der Waals surface area contributed by atoms with E-state index in [1.54, 1.807) is 0 Å². The van der Waals surface area contributed by atoms with Gasteiger partial charge >= 0.3 is 6.18 Å². The minimum absolute atomic E-state index is 0.0233. The number of halogens is 3. The summed E-state index contributed by atoms with van der Waals surface area (Å²) in [6, 6.07) is 3.92. The maximum Gasteiger partial charge on any atom is 0.416 e. The van der Waals surface area contributed by atoms with Crippen molar-refractivity contribution in [1.29, 1.82) is 0 Å². The number of alkyl halides is 3. The van der Waals surface area contributed by atoms with Crippen LogP contribution in [-0.4, -0.2) is 17.0 Å². The van der Waals surface area contributed by atoms with Crippen molar-refractivity contribution in [1.82, 2.24) is 0 Å². The Bertz CT molecular complexity index is 418. The van der Waals surface area contributed by atoms with Crippen molar-refractivity contribution in [3.8, 4) is 0 Å². The maximum absolute atomic E-state index is 12.3. The molecule has 17 heavy (non-hydrogen) atoms. The predicted octanol–water partition coefficient (Wildman–Crippen LogP) is 2.66. The lowest BCUT2D eigenvalue weighted by atomic mass is 10.0. The molecule has 1 aliphatic carbocycles. The third-order valence-electron chi connectivity index (χ3n) is 2.83. The summed E-state index contributed by atoms with van der Waals surface area (Å²) in [6.45, 7) is 0. The smallest absolute Gasteiger partial charge is 0.385 e. The molecule has 1 unspecified atom stereocenters. The first-order chi connectivity index (χ1) is 7.89. The zero-order valence-corrected chi connectivity index (χ0v) is 8.87. The van der Waals surface area contributed by atoms with Crippen molar-refractivity contribution < 1.29 is 23.1 Å². The average molecular weight is 244 g/mol. The molecule has 1 aliphatic rings. The SMILES string of the molecule is O=C(c1ccc(C(F)(F)F)cc1)C(O)C1CC1. The van der Waals surface area contributed by atoms with Crippen LogP contribution < -0.4 is 0 Å². The maximum atomic E-state index is 12.3. The molecule has 1 aromatic rings. The molecule has 1 saturated carbocycles. The summed E-state index contributed by atoms with van der Waals surface area (Å²) < 4.78 is 36.8. The molecule has 0 saturated heterocycles. The van der Waals surface area contributed by atoms with Crippen LogP contribution in [0.3, 0.4) is 0 Å². The van der Waals surface area contributed by atoms with E-state index in [-0.39, 0.29) is 11.5 Å². The van der Waals surface area contributed by atoms with E-state index in [2.05, 4.69) is 0 Å². The van der Waals surface area contributed by atoms with Crippen molar-refractivity contribution in [3.05, 3.63) is 35.4 Å². The number of ketones is 1. The van der Waals surface area contributed by atoms with Gasteiger partial charge in [0.25, 0.3) is 0 Å². The first-order valence-corrected chi connectivity index (χ1v) is 5.29. The third kappa shape index (κ3) is 2.66. The van der Waals surface area contributed by atoms with E-state index in [9.17, 15) is 23.1 Å². The molecule has 0 aromatic heterocycles. The summed E-state index contributed by atoms with van der Waals surface area (Å²) in [5.74, 6) is -0.522. The minimum atomic E-state index is -4.41. The largest absolute Gasteiger partial charge is 0.416 e. The van der Waals surface area contributed by atoms with Crippen LogP contribution in [0.1, 0.15) is 28.8 Å². The van der Waals surface area contributed by atoms with E-state index in [4.69, 9.17) is 0 Å². The highest BCUT2D eigenvalue weighted by Gasteiger charge is 2.35. The quantitative estimate of drug-likeness (QED) is 0.830. The van der Waals surface area contributed by atoms with E-state index in [0.29, 0.717) is 0 Å². The normalized spacial score (nSPS) is 17.9. The molecule has 2 rings (SSSR count). The monoisotopic (exact) mass is 244 g/mol. The van der Waals surface area contributed by atoms with Gasteiger partial charge in [0.1, 0.15) is 6.10 Å². The van der Waals surface area contributed by atoms with Gasteiger partial charge in [-0.2, -0.15) is 13.2 Å². The van der Waals surface area contributed by atoms with Gasteiger partial charge in [0.2, 0.25) is 0 Å². The van der Waals surface area contributed by atoms with E-state index in [1.165, 1.54) is 0 Å². The van der Waals surface area contributed by atoms with Crippen LogP contribution in [0.4, 0.5) is 13.2 Å².